The van der Waals surface area contributed by atoms with Gasteiger partial charge in [-0.05, 0) is 31.4 Å². The molecule has 0 aromatic carbocycles. The molecule has 0 atom stereocenters. The number of rotatable bonds is 5. The van der Waals surface area contributed by atoms with Crippen LogP contribution in [0.2, 0.25) is 0 Å². The van der Waals surface area contributed by atoms with Gasteiger partial charge in [-0.15, -0.1) is 22.0 Å². The van der Waals surface area contributed by atoms with Crippen molar-refractivity contribution in [2.45, 2.75) is 31.1 Å². The number of nitrogens with one attached hydrogen (secondary N) is 1. The van der Waals surface area contributed by atoms with Gasteiger partial charge in [-0.3, -0.25) is 4.98 Å². The van der Waals surface area contributed by atoms with E-state index in [2.05, 4.69) is 26.6 Å². The third-order valence-electron chi connectivity index (χ3n) is 4.49. The van der Waals surface area contributed by atoms with Crippen molar-refractivity contribution < 1.29 is 4.39 Å². The number of anilines is 1. The highest BCUT2D eigenvalue weighted by molar-refractivity contribution is 8.08. The SMILES string of the molecule is Fc1cccnc1C1(CNc2nnc(C3=CCCS3)s2)CCC1. The minimum absolute atomic E-state index is 0.209. The molecule has 1 N–H and O–H groups in total. The van der Waals surface area contributed by atoms with Gasteiger partial charge < -0.3 is 5.32 Å². The highest BCUT2D eigenvalue weighted by atomic mass is 32.2. The Morgan fingerprint density at radius 2 is 2.22 bits per heavy atom. The Morgan fingerprint density at radius 3 is 2.91 bits per heavy atom. The number of allylic oxidation sites excluding steroid dienone is 1. The van der Waals surface area contributed by atoms with E-state index in [1.54, 1.807) is 23.6 Å². The third-order valence-corrected chi connectivity index (χ3v) is 6.64. The van der Waals surface area contributed by atoms with Crippen molar-refractivity contribution in [3.63, 3.8) is 0 Å². The van der Waals surface area contributed by atoms with Crippen molar-refractivity contribution in [3.05, 3.63) is 40.9 Å². The van der Waals surface area contributed by atoms with Crippen LogP contribution in [-0.2, 0) is 5.41 Å². The van der Waals surface area contributed by atoms with Crippen molar-refractivity contribution in [2.24, 2.45) is 0 Å². The Balaban J connectivity index is 1.48. The van der Waals surface area contributed by atoms with Gasteiger partial charge in [-0.2, -0.15) is 0 Å². The van der Waals surface area contributed by atoms with Gasteiger partial charge in [0.15, 0.2) is 5.01 Å². The molecule has 1 fully saturated rings. The Hall–Kier alpha value is -1.47. The standard InChI is InChI=1S/C16H17FN4S2/c17-11-4-1-8-18-13(11)16(6-3-7-16)10-19-15-21-20-14(23-15)12-5-2-9-22-12/h1,4-5,8H,2-3,6-7,9-10H2,(H,19,21). The van der Waals surface area contributed by atoms with E-state index in [0.29, 0.717) is 12.2 Å². The van der Waals surface area contributed by atoms with Crippen molar-refractivity contribution >= 4 is 33.1 Å². The molecule has 2 aromatic rings. The molecule has 0 bridgehead atoms. The van der Waals surface area contributed by atoms with Gasteiger partial charge in [-0.25, -0.2) is 4.39 Å². The summed E-state index contributed by atoms with van der Waals surface area (Å²) in [7, 11) is 0. The van der Waals surface area contributed by atoms with Crippen LogP contribution in [0, 0.1) is 5.82 Å². The highest BCUT2D eigenvalue weighted by Gasteiger charge is 2.41. The first-order valence-electron chi connectivity index (χ1n) is 7.79. The third kappa shape index (κ3) is 2.87. The number of hydrogen-bond acceptors (Lipinski definition) is 6. The minimum atomic E-state index is -0.210. The van der Waals surface area contributed by atoms with Crippen molar-refractivity contribution in [2.75, 3.05) is 17.6 Å². The van der Waals surface area contributed by atoms with Gasteiger partial charge in [0.2, 0.25) is 5.13 Å². The molecule has 4 nitrogen and oxygen atoms in total. The van der Waals surface area contributed by atoms with E-state index in [-0.39, 0.29) is 11.2 Å². The summed E-state index contributed by atoms with van der Waals surface area (Å²) in [6.07, 6.45) is 8.02. The second-order valence-electron chi connectivity index (χ2n) is 5.94. The van der Waals surface area contributed by atoms with Crippen molar-refractivity contribution in [1.29, 1.82) is 0 Å². The maximum atomic E-state index is 14.1. The Morgan fingerprint density at radius 1 is 1.30 bits per heavy atom. The molecule has 23 heavy (non-hydrogen) atoms. The summed E-state index contributed by atoms with van der Waals surface area (Å²) in [6.45, 7) is 0.655. The molecule has 1 aliphatic carbocycles. The molecule has 3 heterocycles. The van der Waals surface area contributed by atoms with Crippen LogP contribution in [0.1, 0.15) is 36.4 Å². The molecule has 2 aliphatic rings. The maximum absolute atomic E-state index is 14.1. The lowest BCUT2D eigenvalue weighted by atomic mass is 9.66. The number of hydrogen-bond donors (Lipinski definition) is 1. The smallest absolute Gasteiger partial charge is 0.206 e. The molecule has 7 heteroatoms. The van der Waals surface area contributed by atoms with Crippen molar-refractivity contribution in [1.82, 2.24) is 15.2 Å². The first-order valence-corrected chi connectivity index (χ1v) is 9.59. The summed E-state index contributed by atoms with van der Waals surface area (Å²) in [5.74, 6) is 0.916. The van der Waals surface area contributed by atoms with Crippen LogP contribution >= 0.6 is 23.1 Å². The molecule has 120 valence electrons. The fourth-order valence-electron chi connectivity index (χ4n) is 3.08. The van der Waals surface area contributed by atoms with Gasteiger partial charge in [0.1, 0.15) is 5.82 Å². The fourth-order valence-corrected chi connectivity index (χ4v) is 4.91. The number of aromatic nitrogens is 3. The van der Waals surface area contributed by atoms with Gasteiger partial charge in [0.25, 0.3) is 0 Å². The lowest BCUT2D eigenvalue weighted by Crippen LogP contribution is -2.42. The molecule has 1 saturated carbocycles. The molecule has 1 aliphatic heterocycles. The zero-order valence-electron chi connectivity index (χ0n) is 12.6. The van der Waals surface area contributed by atoms with E-state index in [0.717, 1.165) is 41.6 Å². The first kappa shape index (κ1) is 15.1. The molecule has 0 spiro atoms. The Bertz CT molecular complexity index is 739. The first-order chi connectivity index (χ1) is 11.3. The number of halogens is 1. The maximum Gasteiger partial charge on any atom is 0.206 e. The zero-order valence-corrected chi connectivity index (χ0v) is 14.2. The van der Waals surface area contributed by atoms with Crippen LogP contribution in [0.5, 0.6) is 0 Å². The van der Waals surface area contributed by atoms with Gasteiger partial charge >= 0.3 is 0 Å². The molecular weight excluding hydrogens is 331 g/mol. The zero-order chi connectivity index (χ0) is 15.7. The molecule has 0 amide bonds. The molecule has 4 rings (SSSR count). The summed E-state index contributed by atoms with van der Waals surface area (Å²) >= 11 is 3.40. The number of pyridine rings is 1. The summed E-state index contributed by atoms with van der Waals surface area (Å²) in [6, 6.07) is 3.14. The van der Waals surface area contributed by atoms with E-state index < -0.39 is 0 Å². The highest BCUT2D eigenvalue weighted by Crippen LogP contribution is 2.44. The minimum Gasteiger partial charge on any atom is -0.359 e. The summed E-state index contributed by atoms with van der Waals surface area (Å²) < 4.78 is 14.1. The second kappa shape index (κ2) is 6.20. The van der Waals surface area contributed by atoms with E-state index in [1.807, 2.05) is 11.8 Å². The lowest BCUT2D eigenvalue weighted by molar-refractivity contribution is 0.243. The van der Waals surface area contributed by atoms with Gasteiger partial charge in [0.05, 0.1) is 5.69 Å². The van der Waals surface area contributed by atoms with Crippen LogP contribution in [0.25, 0.3) is 4.91 Å². The van der Waals surface area contributed by atoms with E-state index >= 15 is 0 Å². The topological polar surface area (TPSA) is 50.7 Å². The average Bonchev–Trinajstić information content (AvgIpc) is 3.18. The quantitative estimate of drug-likeness (QED) is 0.882. The molecule has 2 aromatic heterocycles. The summed E-state index contributed by atoms with van der Waals surface area (Å²) in [4.78, 5) is 5.52. The Labute approximate surface area is 142 Å². The van der Waals surface area contributed by atoms with Crippen molar-refractivity contribution in [3.8, 4) is 0 Å². The molecule has 0 unspecified atom stereocenters. The molecule has 0 radical (unpaired) electrons. The predicted octanol–water partition coefficient (Wildman–Crippen LogP) is 4.08. The average molecular weight is 348 g/mol. The monoisotopic (exact) mass is 348 g/mol. The van der Waals surface area contributed by atoms with E-state index in [4.69, 9.17) is 0 Å². The van der Waals surface area contributed by atoms with Crippen LogP contribution in [0.4, 0.5) is 9.52 Å². The van der Waals surface area contributed by atoms with E-state index in [9.17, 15) is 4.39 Å². The molecular formula is C16H17FN4S2. The fraction of sp³-hybridized carbons (Fsp3) is 0.438. The van der Waals surface area contributed by atoms with E-state index in [1.165, 1.54) is 11.0 Å². The largest absolute Gasteiger partial charge is 0.359 e. The summed E-state index contributed by atoms with van der Waals surface area (Å²) in [5, 5.41) is 13.6. The second-order valence-corrected chi connectivity index (χ2v) is 8.05. The van der Waals surface area contributed by atoms with Crippen LogP contribution in [0.15, 0.2) is 24.4 Å². The predicted molar refractivity (Wildman–Crippen MR) is 93.2 cm³/mol. The van der Waals surface area contributed by atoms with Gasteiger partial charge in [0, 0.05) is 28.8 Å². The number of thioether (sulfide) groups is 1. The van der Waals surface area contributed by atoms with Gasteiger partial charge in [-0.1, -0.05) is 23.8 Å². The molecule has 0 saturated heterocycles. The lowest BCUT2D eigenvalue weighted by Gasteiger charge is -2.41. The van der Waals surface area contributed by atoms with Crippen LogP contribution in [-0.4, -0.2) is 27.5 Å². The van der Waals surface area contributed by atoms with Crippen LogP contribution < -0.4 is 5.32 Å². The summed E-state index contributed by atoms with van der Waals surface area (Å²) in [5.41, 5.74) is 0.371. The Kier molecular flexibility index (Phi) is 4.07. The normalized spacial score (nSPS) is 19.3. The van der Waals surface area contributed by atoms with Crippen LogP contribution in [0.3, 0.4) is 0 Å². The number of nitrogens with zero attached hydrogens (tertiary/aromatic N) is 3.